The lowest BCUT2D eigenvalue weighted by atomic mass is 10.1. The van der Waals surface area contributed by atoms with Crippen molar-refractivity contribution >= 4 is 42.3 Å². The maximum absolute atomic E-state index is 12.3. The Morgan fingerprint density at radius 3 is 2.48 bits per heavy atom. The Morgan fingerprint density at radius 1 is 1.22 bits per heavy atom. The summed E-state index contributed by atoms with van der Waals surface area (Å²) in [4.78, 5) is 26.0. The fourth-order valence-electron chi connectivity index (χ4n) is 2.36. The quantitative estimate of drug-likeness (QED) is 0.750. The molecule has 0 bridgehead atoms. The van der Waals surface area contributed by atoms with Gasteiger partial charge in [-0.05, 0) is 25.1 Å². The third kappa shape index (κ3) is 5.99. The molecule has 8 heteroatoms. The minimum atomic E-state index is -0.184. The van der Waals surface area contributed by atoms with Gasteiger partial charge >= 0.3 is 0 Å². The van der Waals surface area contributed by atoms with Gasteiger partial charge < -0.3 is 16.0 Å². The maximum Gasteiger partial charge on any atom is 0.251 e. The van der Waals surface area contributed by atoms with E-state index in [0.29, 0.717) is 11.3 Å². The molecule has 130 valence electrons. The molecule has 1 unspecified atom stereocenters. The molecule has 6 nitrogen and oxygen atoms in total. The van der Waals surface area contributed by atoms with Gasteiger partial charge in [0.15, 0.2) is 0 Å². The molecule has 2 rings (SSSR count). The van der Waals surface area contributed by atoms with Gasteiger partial charge in [-0.3, -0.25) is 14.5 Å². The molecule has 0 aliphatic carbocycles. The van der Waals surface area contributed by atoms with Gasteiger partial charge in [0.1, 0.15) is 0 Å². The number of piperazine rings is 1. The minimum absolute atomic E-state index is 0. The molecule has 0 aromatic heterocycles. The highest BCUT2D eigenvalue weighted by Crippen LogP contribution is 2.12. The summed E-state index contributed by atoms with van der Waals surface area (Å²) in [6, 6.07) is 6.76. The average Bonchev–Trinajstić information content (AvgIpc) is 2.54. The first-order valence-electron chi connectivity index (χ1n) is 7.19. The number of halogens is 2. The summed E-state index contributed by atoms with van der Waals surface area (Å²) in [5.41, 5.74) is 1.17. The molecular weight excluding hydrogens is 339 g/mol. The van der Waals surface area contributed by atoms with Crippen LogP contribution in [0.3, 0.4) is 0 Å². The normalized spacial score (nSPS) is 15.6. The van der Waals surface area contributed by atoms with Crippen LogP contribution in [0.5, 0.6) is 0 Å². The van der Waals surface area contributed by atoms with Crippen molar-refractivity contribution < 1.29 is 9.59 Å². The summed E-state index contributed by atoms with van der Waals surface area (Å²) in [5.74, 6) is -0.216. The molecule has 1 aliphatic heterocycles. The summed E-state index contributed by atoms with van der Waals surface area (Å²) in [5, 5.41) is 8.71. The van der Waals surface area contributed by atoms with Gasteiger partial charge in [-0.25, -0.2) is 0 Å². The van der Waals surface area contributed by atoms with Gasteiger partial charge in [0.05, 0.1) is 6.04 Å². The van der Waals surface area contributed by atoms with Gasteiger partial charge in [0.2, 0.25) is 5.91 Å². The number of amides is 2. The van der Waals surface area contributed by atoms with E-state index in [0.717, 1.165) is 26.2 Å². The Hall–Kier alpha value is -1.34. The number of hydrogen-bond acceptors (Lipinski definition) is 4. The van der Waals surface area contributed by atoms with Crippen LogP contribution in [0.15, 0.2) is 24.3 Å². The Bertz CT molecular complexity index is 522. The summed E-state index contributed by atoms with van der Waals surface area (Å²) >= 11 is 0. The predicted molar refractivity (Wildman–Crippen MR) is 96.9 cm³/mol. The predicted octanol–water partition coefficient (Wildman–Crippen LogP) is 1.12. The van der Waals surface area contributed by atoms with Crippen LogP contribution in [-0.4, -0.2) is 56.0 Å². The highest BCUT2D eigenvalue weighted by molar-refractivity contribution is 5.98. The van der Waals surface area contributed by atoms with Gasteiger partial charge in [0.25, 0.3) is 5.91 Å². The van der Waals surface area contributed by atoms with Crippen LogP contribution in [-0.2, 0) is 4.79 Å². The van der Waals surface area contributed by atoms with Crippen LogP contribution < -0.4 is 16.0 Å². The van der Waals surface area contributed by atoms with E-state index in [-0.39, 0.29) is 42.7 Å². The molecule has 1 aromatic rings. The standard InChI is InChI=1S/C15H22N4O2.2ClH/c1-11(19-8-6-17-7-9-19)14(20)18-13-5-3-4-12(10-13)15(21)16-2;;/h3-5,10-11,17H,6-9H2,1-2H3,(H,16,21)(H,18,20);2*1H. The van der Waals surface area contributed by atoms with Gasteiger partial charge in [-0.15, -0.1) is 24.8 Å². The van der Waals surface area contributed by atoms with Crippen molar-refractivity contribution in [2.24, 2.45) is 0 Å². The summed E-state index contributed by atoms with van der Waals surface area (Å²) in [6.07, 6.45) is 0. The van der Waals surface area contributed by atoms with E-state index >= 15 is 0 Å². The summed E-state index contributed by atoms with van der Waals surface area (Å²) in [7, 11) is 1.58. The zero-order valence-corrected chi connectivity index (χ0v) is 14.9. The number of nitrogens with zero attached hydrogens (tertiary/aromatic N) is 1. The molecule has 0 spiro atoms. The lowest BCUT2D eigenvalue weighted by Gasteiger charge is -2.31. The van der Waals surface area contributed by atoms with E-state index in [1.807, 2.05) is 6.92 Å². The lowest BCUT2D eigenvalue weighted by molar-refractivity contribution is -0.120. The summed E-state index contributed by atoms with van der Waals surface area (Å²) < 4.78 is 0. The molecule has 1 aliphatic rings. The number of carbonyl (C=O) groups excluding carboxylic acids is 2. The molecule has 3 N–H and O–H groups in total. The fourth-order valence-corrected chi connectivity index (χ4v) is 2.36. The van der Waals surface area contributed by atoms with Crippen molar-refractivity contribution in [3.8, 4) is 0 Å². The number of rotatable bonds is 4. The molecule has 0 saturated carbocycles. The van der Waals surface area contributed by atoms with Crippen LogP contribution in [0.25, 0.3) is 0 Å². The van der Waals surface area contributed by atoms with E-state index in [9.17, 15) is 9.59 Å². The first kappa shape index (κ1) is 21.7. The Kier molecular flexibility index (Phi) is 9.83. The van der Waals surface area contributed by atoms with E-state index in [4.69, 9.17) is 0 Å². The second-order valence-corrected chi connectivity index (χ2v) is 5.11. The van der Waals surface area contributed by atoms with E-state index in [1.54, 1.807) is 31.3 Å². The van der Waals surface area contributed by atoms with E-state index < -0.39 is 0 Å². The van der Waals surface area contributed by atoms with E-state index in [2.05, 4.69) is 20.9 Å². The average molecular weight is 363 g/mol. The summed E-state index contributed by atoms with van der Waals surface area (Å²) in [6.45, 7) is 5.45. The van der Waals surface area contributed by atoms with E-state index in [1.165, 1.54) is 0 Å². The third-order valence-electron chi connectivity index (χ3n) is 3.70. The van der Waals surface area contributed by atoms with Crippen molar-refractivity contribution in [3.05, 3.63) is 29.8 Å². The number of anilines is 1. The van der Waals surface area contributed by atoms with Crippen molar-refractivity contribution in [1.29, 1.82) is 0 Å². The molecule has 1 aromatic carbocycles. The molecule has 0 radical (unpaired) electrons. The third-order valence-corrected chi connectivity index (χ3v) is 3.70. The van der Waals surface area contributed by atoms with Gasteiger partial charge in [0, 0.05) is 44.5 Å². The van der Waals surface area contributed by atoms with Crippen LogP contribution in [0.1, 0.15) is 17.3 Å². The Morgan fingerprint density at radius 2 is 1.87 bits per heavy atom. The highest BCUT2D eigenvalue weighted by Gasteiger charge is 2.22. The number of carbonyl (C=O) groups is 2. The monoisotopic (exact) mass is 362 g/mol. The fraction of sp³-hybridized carbons (Fsp3) is 0.467. The SMILES string of the molecule is CNC(=O)c1cccc(NC(=O)C(C)N2CCNCC2)c1.Cl.Cl. The van der Waals surface area contributed by atoms with Crippen LogP contribution in [0, 0.1) is 0 Å². The zero-order chi connectivity index (χ0) is 15.2. The molecule has 1 atom stereocenters. The number of nitrogens with one attached hydrogen (secondary N) is 3. The second-order valence-electron chi connectivity index (χ2n) is 5.11. The van der Waals surface area contributed by atoms with Crippen molar-refractivity contribution in [3.63, 3.8) is 0 Å². The minimum Gasteiger partial charge on any atom is -0.355 e. The first-order chi connectivity index (χ1) is 10.1. The second kappa shape index (κ2) is 10.4. The van der Waals surface area contributed by atoms with Crippen molar-refractivity contribution in [1.82, 2.24) is 15.5 Å². The Labute approximate surface area is 149 Å². The Balaban J connectivity index is 0.00000242. The molecule has 2 amide bonds. The van der Waals surface area contributed by atoms with Gasteiger partial charge in [-0.1, -0.05) is 6.07 Å². The first-order valence-corrected chi connectivity index (χ1v) is 7.19. The number of hydrogen-bond donors (Lipinski definition) is 3. The lowest BCUT2D eigenvalue weighted by Crippen LogP contribution is -2.51. The zero-order valence-electron chi connectivity index (χ0n) is 13.3. The number of benzene rings is 1. The molecule has 1 fully saturated rings. The van der Waals surface area contributed by atoms with Crippen LogP contribution in [0.4, 0.5) is 5.69 Å². The van der Waals surface area contributed by atoms with Crippen LogP contribution >= 0.6 is 24.8 Å². The van der Waals surface area contributed by atoms with Gasteiger partial charge in [-0.2, -0.15) is 0 Å². The topological polar surface area (TPSA) is 73.5 Å². The maximum atomic E-state index is 12.3. The molecule has 23 heavy (non-hydrogen) atoms. The van der Waals surface area contributed by atoms with Crippen LogP contribution in [0.2, 0.25) is 0 Å². The molecule has 1 saturated heterocycles. The largest absolute Gasteiger partial charge is 0.355 e. The van der Waals surface area contributed by atoms with Crippen molar-refractivity contribution in [2.45, 2.75) is 13.0 Å². The smallest absolute Gasteiger partial charge is 0.251 e. The van der Waals surface area contributed by atoms with Crippen molar-refractivity contribution in [2.75, 3.05) is 38.5 Å². The molecule has 1 heterocycles. The highest BCUT2D eigenvalue weighted by atomic mass is 35.5. The molecular formula is C15H24Cl2N4O2.